The van der Waals surface area contributed by atoms with Crippen molar-refractivity contribution >= 4 is 46.9 Å². The molecule has 0 unspecified atom stereocenters. The number of hydrogen-bond donors (Lipinski definition) is 2. The topological polar surface area (TPSA) is 70.6 Å². The molecule has 0 spiro atoms. The van der Waals surface area contributed by atoms with E-state index in [-0.39, 0.29) is 16.3 Å². The van der Waals surface area contributed by atoms with Gasteiger partial charge in [-0.25, -0.2) is 9.82 Å². The summed E-state index contributed by atoms with van der Waals surface area (Å²) in [5.74, 6) is -3.28. The minimum Gasteiger partial charge on any atom is -0.318 e. The Kier molecular flexibility index (Phi) is 6.40. The second-order valence-corrected chi connectivity index (χ2v) is 5.80. The monoisotopic (exact) mass is 421 g/mol. The van der Waals surface area contributed by atoms with Gasteiger partial charge in [0, 0.05) is 11.3 Å². The lowest BCUT2D eigenvalue weighted by Gasteiger charge is -2.11. The van der Waals surface area contributed by atoms with Gasteiger partial charge in [0.1, 0.15) is 5.82 Å². The van der Waals surface area contributed by atoms with Crippen LogP contribution < -0.4 is 10.7 Å². The Bertz CT molecular complexity index is 897. The predicted octanol–water partition coefficient (Wildman–Crippen LogP) is 4.24. The van der Waals surface area contributed by atoms with E-state index in [0.29, 0.717) is 6.07 Å². The van der Waals surface area contributed by atoms with Gasteiger partial charge in [0.05, 0.1) is 21.8 Å². The SMILES string of the molecule is O=C(N/N=C/c1c(F)cccc1Cl)C(=O)Nc1ccc(Cl)c(C(F)(F)F)c1. The molecule has 0 aliphatic carbocycles. The van der Waals surface area contributed by atoms with Gasteiger partial charge in [-0.05, 0) is 30.3 Å². The third-order valence-electron chi connectivity index (χ3n) is 3.10. The van der Waals surface area contributed by atoms with Crippen molar-refractivity contribution in [1.29, 1.82) is 0 Å². The molecule has 142 valence electrons. The molecular weight excluding hydrogens is 413 g/mol. The molecule has 2 amide bonds. The summed E-state index contributed by atoms with van der Waals surface area (Å²) in [5.41, 5.74) is 0.219. The zero-order chi connectivity index (χ0) is 20.2. The third kappa shape index (κ3) is 5.41. The molecule has 0 saturated heterocycles. The number of carbonyl (C=O) groups is 2. The van der Waals surface area contributed by atoms with E-state index in [0.717, 1.165) is 24.4 Å². The molecule has 0 aliphatic heterocycles. The van der Waals surface area contributed by atoms with Crippen LogP contribution in [-0.4, -0.2) is 18.0 Å². The highest BCUT2D eigenvalue weighted by atomic mass is 35.5. The van der Waals surface area contributed by atoms with Crippen LogP contribution in [0, 0.1) is 5.82 Å². The molecule has 2 rings (SSSR count). The summed E-state index contributed by atoms with van der Waals surface area (Å²) in [4.78, 5) is 23.4. The number of hydrogen-bond acceptors (Lipinski definition) is 3. The van der Waals surface area contributed by atoms with Gasteiger partial charge in [0.25, 0.3) is 0 Å². The normalized spacial score (nSPS) is 11.5. The van der Waals surface area contributed by atoms with Gasteiger partial charge in [0.15, 0.2) is 0 Å². The van der Waals surface area contributed by atoms with Crippen LogP contribution in [-0.2, 0) is 15.8 Å². The zero-order valence-corrected chi connectivity index (χ0v) is 14.6. The Labute approximate surface area is 160 Å². The second kappa shape index (κ2) is 8.36. The van der Waals surface area contributed by atoms with Gasteiger partial charge >= 0.3 is 18.0 Å². The number of nitrogens with one attached hydrogen (secondary N) is 2. The maximum atomic E-state index is 13.5. The molecule has 0 bridgehead atoms. The van der Waals surface area contributed by atoms with E-state index >= 15 is 0 Å². The smallest absolute Gasteiger partial charge is 0.318 e. The first kappa shape index (κ1) is 20.7. The highest BCUT2D eigenvalue weighted by Gasteiger charge is 2.33. The van der Waals surface area contributed by atoms with Crippen molar-refractivity contribution in [2.45, 2.75) is 6.18 Å². The molecule has 0 radical (unpaired) electrons. The Morgan fingerprint density at radius 1 is 1.04 bits per heavy atom. The zero-order valence-electron chi connectivity index (χ0n) is 13.1. The van der Waals surface area contributed by atoms with Crippen LogP contribution in [0.15, 0.2) is 41.5 Å². The summed E-state index contributed by atoms with van der Waals surface area (Å²) in [5, 5.41) is 4.82. The molecule has 0 atom stereocenters. The molecule has 2 aromatic carbocycles. The standard InChI is InChI=1S/C16H9Cl2F4N3O2/c17-11-2-1-3-13(19)9(11)7-23-25-15(27)14(26)24-8-4-5-12(18)10(6-8)16(20,21)22/h1-7H,(H,24,26)(H,25,27)/b23-7+. The highest BCUT2D eigenvalue weighted by molar-refractivity contribution is 6.39. The van der Waals surface area contributed by atoms with E-state index in [2.05, 4.69) is 5.10 Å². The number of anilines is 1. The summed E-state index contributed by atoms with van der Waals surface area (Å²) in [6, 6.07) is 6.46. The van der Waals surface area contributed by atoms with Crippen molar-refractivity contribution in [3.8, 4) is 0 Å². The van der Waals surface area contributed by atoms with Crippen LogP contribution in [0.5, 0.6) is 0 Å². The highest BCUT2D eigenvalue weighted by Crippen LogP contribution is 2.36. The van der Waals surface area contributed by atoms with Crippen LogP contribution in [0.2, 0.25) is 10.0 Å². The van der Waals surface area contributed by atoms with Gasteiger partial charge < -0.3 is 5.32 Å². The van der Waals surface area contributed by atoms with Crippen molar-refractivity contribution in [2.75, 3.05) is 5.32 Å². The summed E-state index contributed by atoms with van der Waals surface area (Å²) >= 11 is 11.2. The molecule has 11 heteroatoms. The van der Waals surface area contributed by atoms with Gasteiger partial charge in [-0.3, -0.25) is 9.59 Å². The molecule has 0 fully saturated rings. The molecule has 0 aliphatic rings. The molecule has 0 heterocycles. The Hall–Kier alpha value is -2.65. The van der Waals surface area contributed by atoms with Gasteiger partial charge in [-0.15, -0.1) is 0 Å². The quantitative estimate of drug-likeness (QED) is 0.336. The summed E-state index contributed by atoms with van der Waals surface area (Å²) in [7, 11) is 0. The number of halogens is 6. The fourth-order valence-corrected chi connectivity index (χ4v) is 2.28. The number of benzene rings is 2. The fraction of sp³-hybridized carbons (Fsp3) is 0.0625. The number of nitrogens with zero attached hydrogens (tertiary/aromatic N) is 1. The van der Waals surface area contributed by atoms with Crippen LogP contribution in [0.4, 0.5) is 23.2 Å². The van der Waals surface area contributed by atoms with Crippen LogP contribution >= 0.6 is 23.2 Å². The lowest BCUT2D eigenvalue weighted by molar-refractivity contribution is -0.137. The van der Waals surface area contributed by atoms with E-state index in [1.807, 2.05) is 5.32 Å². The Morgan fingerprint density at radius 3 is 2.37 bits per heavy atom. The summed E-state index contributed by atoms with van der Waals surface area (Å²) in [6.45, 7) is 0. The van der Waals surface area contributed by atoms with Crippen LogP contribution in [0.3, 0.4) is 0 Å². The maximum Gasteiger partial charge on any atom is 0.417 e. The number of hydrazone groups is 1. The van der Waals surface area contributed by atoms with E-state index < -0.39 is 34.4 Å². The average molecular weight is 422 g/mol. The minimum absolute atomic E-state index is 0.0262. The second-order valence-electron chi connectivity index (χ2n) is 4.98. The Morgan fingerprint density at radius 2 is 1.74 bits per heavy atom. The van der Waals surface area contributed by atoms with E-state index in [1.54, 1.807) is 5.43 Å². The first-order valence-electron chi connectivity index (χ1n) is 7.04. The largest absolute Gasteiger partial charge is 0.417 e. The molecule has 5 nitrogen and oxygen atoms in total. The average Bonchev–Trinajstić information content (AvgIpc) is 2.58. The minimum atomic E-state index is -4.73. The first-order valence-corrected chi connectivity index (χ1v) is 7.80. The number of alkyl halides is 3. The van der Waals surface area contributed by atoms with E-state index in [4.69, 9.17) is 23.2 Å². The molecule has 27 heavy (non-hydrogen) atoms. The Balaban J connectivity index is 2.04. The number of amides is 2. The van der Waals surface area contributed by atoms with Crippen molar-refractivity contribution in [3.05, 3.63) is 63.4 Å². The van der Waals surface area contributed by atoms with Gasteiger partial charge in [0.2, 0.25) is 0 Å². The first-order chi connectivity index (χ1) is 12.6. The lowest BCUT2D eigenvalue weighted by Crippen LogP contribution is -2.32. The van der Waals surface area contributed by atoms with Crippen molar-refractivity contribution < 1.29 is 27.2 Å². The van der Waals surface area contributed by atoms with E-state index in [9.17, 15) is 27.2 Å². The van der Waals surface area contributed by atoms with Gasteiger partial charge in [-0.1, -0.05) is 29.3 Å². The summed E-state index contributed by atoms with van der Waals surface area (Å²) < 4.78 is 51.9. The van der Waals surface area contributed by atoms with E-state index in [1.165, 1.54) is 12.1 Å². The van der Waals surface area contributed by atoms with Crippen molar-refractivity contribution in [3.63, 3.8) is 0 Å². The molecule has 0 aromatic heterocycles. The van der Waals surface area contributed by atoms with Gasteiger partial charge in [-0.2, -0.15) is 18.3 Å². The van der Waals surface area contributed by atoms with Crippen molar-refractivity contribution in [2.24, 2.45) is 5.10 Å². The molecule has 0 saturated carbocycles. The number of rotatable bonds is 3. The fourth-order valence-electron chi connectivity index (χ4n) is 1.85. The van der Waals surface area contributed by atoms with Crippen molar-refractivity contribution in [1.82, 2.24) is 5.43 Å². The molecule has 2 aromatic rings. The number of carbonyl (C=O) groups excluding carboxylic acids is 2. The lowest BCUT2D eigenvalue weighted by atomic mass is 10.2. The molecular formula is C16H9Cl2F4N3O2. The third-order valence-corrected chi connectivity index (χ3v) is 3.75. The van der Waals surface area contributed by atoms with Crippen LogP contribution in [0.1, 0.15) is 11.1 Å². The summed E-state index contributed by atoms with van der Waals surface area (Å²) in [6.07, 6.45) is -3.85. The predicted molar refractivity (Wildman–Crippen MR) is 92.2 cm³/mol. The van der Waals surface area contributed by atoms with Crippen LogP contribution in [0.25, 0.3) is 0 Å². The maximum absolute atomic E-state index is 13.5. The molecule has 2 N–H and O–H groups in total.